The maximum atomic E-state index is 14.8. The first-order chi connectivity index (χ1) is 17.6. The Kier molecular flexibility index (Phi) is 6.44. The van der Waals surface area contributed by atoms with Crippen molar-refractivity contribution < 1.29 is 31.8 Å². The summed E-state index contributed by atoms with van der Waals surface area (Å²) in [5.74, 6) is -4.72. The zero-order valence-electron chi connectivity index (χ0n) is 19.6. The molecule has 0 aliphatic carbocycles. The predicted octanol–water partition coefficient (Wildman–Crippen LogP) is 5.22. The highest BCUT2D eigenvalue weighted by molar-refractivity contribution is 5.94. The van der Waals surface area contributed by atoms with Crippen molar-refractivity contribution in [3.05, 3.63) is 65.6 Å². The Morgan fingerprint density at radius 2 is 1.89 bits per heavy atom. The van der Waals surface area contributed by atoms with Crippen molar-refractivity contribution in [3.8, 4) is 17.0 Å². The van der Waals surface area contributed by atoms with Gasteiger partial charge in [-0.25, -0.2) is 13.8 Å². The quantitative estimate of drug-likeness (QED) is 0.365. The Morgan fingerprint density at radius 1 is 1.14 bits per heavy atom. The number of aromatic nitrogens is 4. The van der Waals surface area contributed by atoms with Crippen LogP contribution in [0.25, 0.3) is 22.2 Å². The van der Waals surface area contributed by atoms with E-state index >= 15 is 0 Å². The lowest BCUT2D eigenvalue weighted by Crippen LogP contribution is -2.39. The third-order valence-electron chi connectivity index (χ3n) is 6.46. The monoisotopic (exact) mass is 519 g/mol. The first-order valence-corrected chi connectivity index (χ1v) is 11.5. The Balaban J connectivity index is 1.61. The van der Waals surface area contributed by atoms with Gasteiger partial charge in [-0.1, -0.05) is 6.07 Å². The van der Waals surface area contributed by atoms with Gasteiger partial charge >= 0.3 is 6.18 Å². The summed E-state index contributed by atoms with van der Waals surface area (Å²) in [6.07, 6.45) is 1.25. The van der Waals surface area contributed by atoms with Crippen LogP contribution in [0.5, 0.6) is 5.75 Å². The number of benzene rings is 1. The fourth-order valence-electron chi connectivity index (χ4n) is 4.58. The maximum Gasteiger partial charge on any atom is 0.419 e. The van der Waals surface area contributed by atoms with Gasteiger partial charge in [0.25, 0.3) is 0 Å². The molecule has 1 aromatic carbocycles. The van der Waals surface area contributed by atoms with Gasteiger partial charge in [0, 0.05) is 68.5 Å². The van der Waals surface area contributed by atoms with E-state index < -0.39 is 34.7 Å². The number of phenolic OH excluding ortho intramolecular Hbond substituents is 1. The van der Waals surface area contributed by atoms with Gasteiger partial charge in [0.15, 0.2) is 17.4 Å². The number of ether oxygens (including phenoxy) is 1. The molecule has 4 aromatic rings. The molecule has 0 radical (unpaired) electrons. The number of aromatic hydroxyl groups is 1. The summed E-state index contributed by atoms with van der Waals surface area (Å²) < 4.78 is 75.7. The molecule has 7 nitrogen and oxygen atoms in total. The van der Waals surface area contributed by atoms with E-state index in [0.717, 1.165) is 18.4 Å². The molecular weight excluding hydrogens is 497 g/mol. The number of halogens is 5. The number of hydrogen-bond donors (Lipinski definition) is 1. The van der Waals surface area contributed by atoms with Crippen LogP contribution in [0.3, 0.4) is 0 Å². The number of fused-ring (bicyclic) bond motifs is 1. The van der Waals surface area contributed by atoms with Crippen molar-refractivity contribution in [1.82, 2.24) is 19.7 Å². The molecule has 0 atom stereocenters. The van der Waals surface area contributed by atoms with Crippen LogP contribution in [0.1, 0.15) is 24.0 Å². The van der Waals surface area contributed by atoms with Gasteiger partial charge in [-0.3, -0.25) is 9.67 Å². The molecule has 1 N–H and O–H groups in total. The molecule has 0 amide bonds. The number of hydrogen-bond acceptors (Lipinski definition) is 6. The third-order valence-corrected chi connectivity index (χ3v) is 6.46. The maximum absolute atomic E-state index is 14.8. The van der Waals surface area contributed by atoms with Crippen LogP contribution >= 0.6 is 0 Å². The second-order valence-corrected chi connectivity index (χ2v) is 8.81. The van der Waals surface area contributed by atoms with E-state index in [4.69, 9.17) is 4.74 Å². The first kappa shape index (κ1) is 24.9. The lowest BCUT2D eigenvalue weighted by Gasteiger charge is -2.35. The Labute approximate surface area is 208 Å². The predicted molar refractivity (Wildman–Crippen MR) is 125 cm³/mol. The van der Waals surface area contributed by atoms with E-state index in [1.807, 2.05) is 12.1 Å². The summed E-state index contributed by atoms with van der Waals surface area (Å²) in [4.78, 5) is 10.8. The molecule has 3 aromatic heterocycles. The van der Waals surface area contributed by atoms with E-state index in [1.54, 1.807) is 25.5 Å². The Morgan fingerprint density at radius 3 is 2.57 bits per heavy atom. The molecule has 1 aliphatic rings. The van der Waals surface area contributed by atoms with Crippen LogP contribution in [-0.4, -0.2) is 44.1 Å². The van der Waals surface area contributed by atoms with Crippen molar-refractivity contribution in [2.75, 3.05) is 18.1 Å². The van der Waals surface area contributed by atoms with Gasteiger partial charge in [0.1, 0.15) is 11.5 Å². The summed E-state index contributed by atoms with van der Waals surface area (Å²) in [6, 6.07) is 5.94. The van der Waals surface area contributed by atoms with Crippen LogP contribution in [0, 0.1) is 11.6 Å². The molecule has 37 heavy (non-hydrogen) atoms. The summed E-state index contributed by atoms with van der Waals surface area (Å²) >= 11 is 0. The van der Waals surface area contributed by atoms with Gasteiger partial charge in [-0.15, -0.1) is 0 Å². The molecule has 12 heteroatoms. The SMILES string of the molecule is Cn1nc(-c2cc(C(F)(F)F)c(F)c(O)c2F)c2cnc(N(Cc3cccnc3)C3CCOCC3)cc21. The number of nitrogens with zero attached hydrogens (tertiary/aromatic N) is 5. The van der Waals surface area contributed by atoms with Crippen LogP contribution < -0.4 is 4.90 Å². The summed E-state index contributed by atoms with van der Waals surface area (Å²) in [6.45, 7) is 1.71. The van der Waals surface area contributed by atoms with Gasteiger partial charge in [-0.2, -0.15) is 18.3 Å². The number of anilines is 1. The molecule has 0 saturated carbocycles. The third kappa shape index (κ3) is 4.68. The van der Waals surface area contributed by atoms with Crippen molar-refractivity contribution >= 4 is 16.7 Å². The van der Waals surface area contributed by atoms with Gasteiger partial charge < -0.3 is 14.7 Å². The average Bonchev–Trinajstić information content (AvgIpc) is 3.22. The minimum absolute atomic E-state index is 0.118. The summed E-state index contributed by atoms with van der Waals surface area (Å²) in [5, 5.41) is 14.2. The van der Waals surface area contributed by atoms with Crippen molar-refractivity contribution in [1.29, 1.82) is 0 Å². The number of alkyl halides is 3. The van der Waals surface area contributed by atoms with E-state index in [0.29, 0.717) is 37.2 Å². The number of phenols is 1. The minimum Gasteiger partial charge on any atom is -0.503 e. The van der Waals surface area contributed by atoms with Crippen LogP contribution in [0.4, 0.5) is 27.8 Å². The standard InChI is InChI=1S/C25H22F5N5O2/c1-34-19-10-20(35(15-4-7-37-8-5-15)13-14-3-2-6-31-11-14)32-12-17(19)23(33-34)16-9-18(25(28,29)30)22(27)24(36)21(16)26/h2-3,6,9-12,15,36H,4-5,7-8,13H2,1H3. The summed E-state index contributed by atoms with van der Waals surface area (Å²) in [5.41, 5.74) is -1.22. The van der Waals surface area contributed by atoms with E-state index in [2.05, 4.69) is 20.0 Å². The molecule has 0 unspecified atom stereocenters. The molecular formula is C25H22F5N5O2. The second kappa shape index (κ2) is 9.58. The van der Waals surface area contributed by atoms with E-state index in [9.17, 15) is 27.1 Å². The lowest BCUT2D eigenvalue weighted by atomic mass is 10.0. The molecule has 5 rings (SSSR count). The molecule has 1 aliphatic heterocycles. The molecule has 0 bridgehead atoms. The fourth-order valence-corrected chi connectivity index (χ4v) is 4.58. The van der Waals surface area contributed by atoms with Gasteiger partial charge in [0.2, 0.25) is 0 Å². The fraction of sp³-hybridized carbons (Fsp3) is 0.320. The number of aryl methyl sites for hydroxylation is 1. The topological polar surface area (TPSA) is 76.3 Å². The summed E-state index contributed by atoms with van der Waals surface area (Å²) in [7, 11) is 1.56. The largest absolute Gasteiger partial charge is 0.503 e. The Bertz CT molecular complexity index is 1440. The highest BCUT2D eigenvalue weighted by Crippen LogP contribution is 2.42. The highest BCUT2D eigenvalue weighted by atomic mass is 19.4. The normalized spacial score (nSPS) is 14.9. The molecule has 4 heterocycles. The first-order valence-electron chi connectivity index (χ1n) is 11.5. The van der Waals surface area contributed by atoms with Crippen molar-refractivity contribution in [3.63, 3.8) is 0 Å². The molecule has 1 saturated heterocycles. The van der Waals surface area contributed by atoms with Crippen molar-refractivity contribution in [2.24, 2.45) is 7.05 Å². The van der Waals surface area contributed by atoms with Gasteiger partial charge in [-0.05, 0) is 30.5 Å². The highest BCUT2D eigenvalue weighted by Gasteiger charge is 2.38. The number of pyridine rings is 2. The smallest absolute Gasteiger partial charge is 0.419 e. The van der Waals surface area contributed by atoms with E-state index in [-0.39, 0.29) is 17.1 Å². The lowest BCUT2D eigenvalue weighted by molar-refractivity contribution is -0.140. The van der Waals surface area contributed by atoms with Gasteiger partial charge in [0.05, 0.1) is 11.1 Å². The van der Waals surface area contributed by atoms with Crippen LogP contribution in [-0.2, 0) is 24.5 Å². The van der Waals surface area contributed by atoms with Crippen molar-refractivity contribution in [2.45, 2.75) is 31.6 Å². The zero-order valence-corrected chi connectivity index (χ0v) is 19.6. The molecule has 1 fully saturated rings. The van der Waals surface area contributed by atoms with Crippen LogP contribution in [0.2, 0.25) is 0 Å². The number of rotatable bonds is 5. The molecule has 0 spiro atoms. The second-order valence-electron chi connectivity index (χ2n) is 8.81. The Hall–Kier alpha value is -3.80. The minimum atomic E-state index is -5.14. The van der Waals surface area contributed by atoms with E-state index in [1.165, 1.54) is 10.9 Å². The molecule has 194 valence electrons. The average molecular weight is 519 g/mol. The van der Waals surface area contributed by atoms with Crippen LogP contribution in [0.15, 0.2) is 42.9 Å². The zero-order chi connectivity index (χ0) is 26.3.